The van der Waals surface area contributed by atoms with Crippen LogP contribution in [-0.4, -0.2) is 11.9 Å². The quantitative estimate of drug-likeness (QED) is 0.543. The van der Waals surface area contributed by atoms with Crippen molar-refractivity contribution in [3.05, 3.63) is 89.4 Å². The molecule has 0 radical (unpaired) electrons. The van der Waals surface area contributed by atoms with E-state index in [2.05, 4.69) is 52.8 Å². The number of nitrogens with two attached hydrogens (primary N) is 1. The zero-order chi connectivity index (χ0) is 17.8. The van der Waals surface area contributed by atoms with Crippen LogP contribution < -0.4 is 11.1 Å². The van der Waals surface area contributed by atoms with Gasteiger partial charge in [0.1, 0.15) is 0 Å². The second-order valence-corrected chi connectivity index (χ2v) is 6.73. The number of aliphatic imine (C=N–C) groups is 1. The Hall–Kier alpha value is -2.85. The molecule has 2 aromatic carbocycles. The Morgan fingerprint density at radius 1 is 1.08 bits per heavy atom. The molecule has 1 heterocycles. The molecule has 0 spiro atoms. The van der Waals surface area contributed by atoms with E-state index in [4.69, 9.17) is 10.2 Å². The Morgan fingerprint density at radius 2 is 1.96 bits per heavy atom. The molecule has 0 bridgehead atoms. The minimum atomic E-state index is 0.407. The third-order valence-corrected chi connectivity index (χ3v) is 4.88. The van der Waals surface area contributed by atoms with E-state index in [9.17, 15) is 0 Å². The fourth-order valence-electron chi connectivity index (χ4n) is 3.46. The molecule has 4 rings (SSSR count). The average Bonchev–Trinajstić information content (AvgIpc) is 3.22. The highest BCUT2D eigenvalue weighted by molar-refractivity contribution is 5.96. The molecule has 0 saturated carbocycles. The zero-order valence-electron chi connectivity index (χ0n) is 14.7. The Morgan fingerprint density at radius 3 is 2.77 bits per heavy atom. The lowest BCUT2D eigenvalue weighted by atomic mass is 9.88. The van der Waals surface area contributed by atoms with Crippen molar-refractivity contribution in [2.45, 2.75) is 31.8 Å². The van der Waals surface area contributed by atoms with Crippen molar-refractivity contribution in [3.63, 3.8) is 0 Å². The van der Waals surface area contributed by atoms with E-state index < -0.39 is 0 Å². The molecule has 1 aromatic heterocycles. The SMILES string of the molecule is NC(=Nc1ccc2c(c1)CC(NCc1ccccc1)CC2)c1ccco1. The minimum Gasteiger partial charge on any atom is -0.461 e. The van der Waals surface area contributed by atoms with Gasteiger partial charge in [-0.25, -0.2) is 4.99 Å². The molecule has 1 aliphatic carbocycles. The predicted octanol–water partition coefficient (Wildman–Crippen LogP) is 3.96. The van der Waals surface area contributed by atoms with Gasteiger partial charge in [0.25, 0.3) is 0 Å². The van der Waals surface area contributed by atoms with Crippen LogP contribution in [0.25, 0.3) is 0 Å². The Kier molecular flexibility index (Phi) is 4.84. The van der Waals surface area contributed by atoms with Crippen molar-refractivity contribution in [1.82, 2.24) is 5.32 Å². The molecule has 4 nitrogen and oxygen atoms in total. The summed E-state index contributed by atoms with van der Waals surface area (Å²) in [6, 6.07) is 21.0. The van der Waals surface area contributed by atoms with Crippen LogP contribution in [0.4, 0.5) is 5.69 Å². The van der Waals surface area contributed by atoms with E-state index in [-0.39, 0.29) is 0 Å². The standard InChI is InChI=1S/C22H23N3O/c23-22(21-7-4-12-26-21)25-20-11-9-17-8-10-19(13-18(17)14-20)24-15-16-5-2-1-3-6-16/h1-7,9,11-12,14,19,24H,8,10,13,15H2,(H2,23,25). The topological polar surface area (TPSA) is 63.5 Å². The molecule has 0 aliphatic heterocycles. The van der Waals surface area contributed by atoms with Gasteiger partial charge in [0.2, 0.25) is 0 Å². The van der Waals surface area contributed by atoms with E-state index in [1.807, 2.05) is 18.2 Å². The first-order chi connectivity index (χ1) is 12.8. The van der Waals surface area contributed by atoms with Crippen LogP contribution in [0.3, 0.4) is 0 Å². The average molecular weight is 345 g/mol. The Bertz CT molecular complexity index is 885. The molecule has 0 fully saturated rings. The number of aryl methyl sites for hydroxylation is 1. The summed E-state index contributed by atoms with van der Waals surface area (Å²) in [4.78, 5) is 4.51. The smallest absolute Gasteiger partial charge is 0.168 e. The molecule has 1 unspecified atom stereocenters. The van der Waals surface area contributed by atoms with Crippen LogP contribution in [-0.2, 0) is 19.4 Å². The van der Waals surface area contributed by atoms with Crippen LogP contribution in [0.1, 0.15) is 28.9 Å². The summed E-state index contributed by atoms with van der Waals surface area (Å²) in [5.41, 5.74) is 11.0. The second-order valence-electron chi connectivity index (χ2n) is 6.73. The summed E-state index contributed by atoms with van der Waals surface area (Å²) in [5, 5.41) is 3.69. The number of rotatable bonds is 5. The first kappa shape index (κ1) is 16.6. The molecule has 3 N–H and O–H groups in total. The van der Waals surface area contributed by atoms with Crippen LogP contribution in [0.2, 0.25) is 0 Å². The molecule has 0 saturated heterocycles. The van der Waals surface area contributed by atoms with E-state index in [0.29, 0.717) is 17.6 Å². The molecular formula is C22H23N3O. The van der Waals surface area contributed by atoms with Crippen molar-refractivity contribution < 1.29 is 4.42 Å². The summed E-state index contributed by atoms with van der Waals surface area (Å²) in [7, 11) is 0. The third-order valence-electron chi connectivity index (χ3n) is 4.88. The number of fused-ring (bicyclic) bond motifs is 1. The molecular weight excluding hydrogens is 322 g/mol. The van der Waals surface area contributed by atoms with Crippen LogP contribution in [0.15, 0.2) is 76.3 Å². The van der Waals surface area contributed by atoms with Crippen LogP contribution >= 0.6 is 0 Å². The van der Waals surface area contributed by atoms with Gasteiger partial charge < -0.3 is 15.5 Å². The van der Waals surface area contributed by atoms with Crippen LogP contribution in [0, 0.1) is 0 Å². The van der Waals surface area contributed by atoms with E-state index in [1.54, 1.807) is 6.26 Å². The molecule has 132 valence electrons. The van der Waals surface area contributed by atoms with Crippen LogP contribution in [0.5, 0.6) is 0 Å². The lowest BCUT2D eigenvalue weighted by Gasteiger charge is -2.26. The highest BCUT2D eigenvalue weighted by atomic mass is 16.3. The normalized spacial score (nSPS) is 17.1. The highest BCUT2D eigenvalue weighted by Gasteiger charge is 2.18. The predicted molar refractivity (Wildman–Crippen MR) is 105 cm³/mol. The molecule has 1 atom stereocenters. The van der Waals surface area contributed by atoms with Gasteiger partial charge in [-0.3, -0.25) is 0 Å². The molecule has 1 aliphatic rings. The number of furan rings is 1. The minimum absolute atomic E-state index is 0.407. The Balaban J connectivity index is 1.45. The summed E-state index contributed by atoms with van der Waals surface area (Å²) in [6.45, 7) is 0.907. The maximum atomic E-state index is 6.03. The number of nitrogens with zero attached hydrogens (tertiary/aromatic N) is 1. The van der Waals surface area contributed by atoms with Gasteiger partial charge in [-0.1, -0.05) is 36.4 Å². The maximum Gasteiger partial charge on any atom is 0.168 e. The third kappa shape index (κ3) is 3.86. The summed E-state index contributed by atoms with van der Waals surface area (Å²) in [5.74, 6) is 1.01. The molecule has 0 amide bonds. The first-order valence-electron chi connectivity index (χ1n) is 9.05. The van der Waals surface area contributed by atoms with Gasteiger partial charge in [0, 0.05) is 12.6 Å². The molecule has 26 heavy (non-hydrogen) atoms. The van der Waals surface area contributed by atoms with Crippen molar-refractivity contribution in [3.8, 4) is 0 Å². The molecule has 4 heteroatoms. The fourth-order valence-corrected chi connectivity index (χ4v) is 3.46. The van der Waals surface area contributed by atoms with Gasteiger partial charge in [-0.15, -0.1) is 0 Å². The Labute approximate surface area is 153 Å². The highest BCUT2D eigenvalue weighted by Crippen LogP contribution is 2.26. The van der Waals surface area contributed by atoms with Crippen molar-refractivity contribution in [1.29, 1.82) is 0 Å². The van der Waals surface area contributed by atoms with Gasteiger partial charge in [0.05, 0.1) is 12.0 Å². The van der Waals surface area contributed by atoms with Crippen molar-refractivity contribution >= 4 is 11.5 Å². The largest absolute Gasteiger partial charge is 0.461 e. The number of hydrogen-bond donors (Lipinski definition) is 2. The van der Waals surface area contributed by atoms with Gasteiger partial charge in [0.15, 0.2) is 11.6 Å². The summed E-state index contributed by atoms with van der Waals surface area (Å²) >= 11 is 0. The number of hydrogen-bond acceptors (Lipinski definition) is 3. The fraction of sp³-hybridized carbons (Fsp3) is 0.227. The van der Waals surface area contributed by atoms with Crippen molar-refractivity contribution in [2.24, 2.45) is 10.7 Å². The summed E-state index contributed by atoms with van der Waals surface area (Å²) < 4.78 is 5.31. The number of benzene rings is 2. The lowest BCUT2D eigenvalue weighted by molar-refractivity contribution is 0.458. The van der Waals surface area contributed by atoms with Gasteiger partial charge >= 0.3 is 0 Å². The first-order valence-corrected chi connectivity index (χ1v) is 9.05. The van der Waals surface area contributed by atoms with Gasteiger partial charge in [-0.2, -0.15) is 0 Å². The van der Waals surface area contributed by atoms with Crippen molar-refractivity contribution in [2.75, 3.05) is 0 Å². The van der Waals surface area contributed by atoms with E-state index in [1.165, 1.54) is 16.7 Å². The monoisotopic (exact) mass is 345 g/mol. The second kappa shape index (κ2) is 7.58. The number of nitrogens with one attached hydrogen (secondary N) is 1. The maximum absolute atomic E-state index is 6.03. The van der Waals surface area contributed by atoms with E-state index in [0.717, 1.165) is 31.5 Å². The summed E-state index contributed by atoms with van der Waals surface area (Å²) in [6.07, 6.45) is 4.89. The zero-order valence-corrected chi connectivity index (χ0v) is 14.7. The molecule has 3 aromatic rings. The lowest BCUT2D eigenvalue weighted by Crippen LogP contribution is -2.34. The number of amidine groups is 1. The van der Waals surface area contributed by atoms with Gasteiger partial charge in [-0.05, 0) is 60.2 Å². The van der Waals surface area contributed by atoms with E-state index >= 15 is 0 Å².